The first-order chi connectivity index (χ1) is 9.92. The number of benzene rings is 1. The highest BCUT2D eigenvalue weighted by Gasteiger charge is 2.14. The molecule has 7 nitrogen and oxygen atoms in total. The Morgan fingerprint density at radius 1 is 1.38 bits per heavy atom. The molecular formula is C14H20N2O5. The van der Waals surface area contributed by atoms with Crippen molar-refractivity contribution in [1.29, 1.82) is 0 Å². The molecule has 0 radical (unpaired) electrons. The number of aliphatic hydroxyl groups excluding tert-OH is 1. The van der Waals surface area contributed by atoms with Crippen LogP contribution in [0.4, 0.5) is 10.5 Å². The number of amides is 2. The van der Waals surface area contributed by atoms with E-state index in [9.17, 15) is 9.59 Å². The molecule has 0 aliphatic heterocycles. The first kappa shape index (κ1) is 16.8. The summed E-state index contributed by atoms with van der Waals surface area (Å²) in [6.45, 7) is 3.58. The van der Waals surface area contributed by atoms with E-state index >= 15 is 0 Å². The van der Waals surface area contributed by atoms with Gasteiger partial charge in [0.1, 0.15) is 5.75 Å². The highest BCUT2D eigenvalue weighted by atomic mass is 16.5. The molecule has 1 unspecified atom stereocenters. The second-order valence-electron chi connectivity index (χ2n) is 4.55. The molecule has 0 spiro atoms. The predicted octanol–water partition coefficient (Wildman–Crippen LogP) is 1.43. The van der Waals surface area contributed by atoms with Gasteiger partial charge in [-0.1, -0.05) is 13.0 Å². The predicted molar refractivity (Wildman–Crippen MR) is 77.5 cm³/mol. The molecule has 116 valence electrons. The lowest BCUT2D eigenvalue weighted by molar-refractivity contribution is -0.146. The quantitative estimate of drug-likeness (QED) is 0.609. The van der Waals surface area contributed by atoms with Gasteiger partial charge < -0.3 is 25.6 Å². The van der Waals surface area contributed by atoms with Crippen LogP contribution in [0, 0.1) is 0 Å². The summed E-state index contributed by atoms with van der Waals surface area (Å²) in [5.41, 5.74) is 0.512. The number of carbonyl (C=O) groups is 2. The Morgan fingerprint density at radius 2 is 2.10 bits per heavy atom. The van der Waals surface area contributed by atoms with Gasteiger partial charge in [0.05, 0.1) is 12.6 Å². The van der Waals surface area contributed by atoms with E-state index < -0.39 is 18.1 Å². The van der Waals surface area contributed by atoms with Crippen molar-refractivity contribution >= 4 is 17.7 Å². The third-order valence-corrected chi connectivity index (χ3v) is 2.75. The largest absolute Gasteiger partial charge is 0.491 e. The Morgan fingerprint density at radius 3 is 2.71 bits per heavy atom. The summed E-state index contributed by atoms with van der Waals surface area (Å²) in [6, 6.07) is 6.26. The maximum absolute atomic E-state index is 11.6. The number of aliphatic hydroxyl groups is 1. The van der Waals surface area contributed by atoms with Gasteiger partial charge in [0.25, 0.3) is 0 Å². The van der Waals surface area contributed by atoms with Gasteiger partial charge in [0.2, 0.25) is 0 Å². The second kappa shape index (κ2) is 8.11. The first-order valence-corrected chi connectivity index (χ1v) is 6.64. The number of hydrogen-bond donors (Lipinski definition) is 4. The van der Waals surface area contributed by atoms with Crippen LogP contribution in [-0.4, -0.2) is 41.0 Å². The summed E-state index contributed by atoms with van der Waals surface area (Å²) >= 11 is 0. The zero-order valence-corrected chi connectivity index (χ0v) is 12.0. The average molecular weight is 296 g/mol. The van der Waals surface area contributed by atoms with Crippen molar-refractivity contribution in [3.05, 3.63) is 24.3 Å². The van der Waals surface area contributed by atoms with Gasteiger partial charge in [0, 0.05) is 11.8 Å². The minimum Gasteiger partial charge on any atom is -0.491 e. The number of hydrogen-bond acceptors (Lipinski definition) is 4. The molecule has 0 aromatic heterocycles. The monoisotopic (exact) mass is 296 g/mol. The Hall–Kier alpha value is -2.28. The topological polar surface area (TPSA) is 108 Å². The molecule has 1 rings (SSSR count). The van der Waals surface area contributed by atoms with Crippen LogP contribution in [0.15, 0.2) is 24.3 Å². The van der Waals surface area contributed by atoms with Crippen LogP contribution in [0.2, 0.25) is 0 Å². The molecule has 0 fully saturated rings. The molecule has 4 N–H and O–H groups in total. The van der Waals surface area contributed by atoms with E-state index in [1.165, 1.54) is 0 Å². The lowest BCUT2D eigenvalue weighted by atomic mass is 10.3. The number of carbonyl (C=O) groups excluding carboxylic acids is 1. The molecule has 0 aliphatic carbocycles. The third-order valence-electron chi connectivity index (χ3n) is 2.75. The van der Waals surface area contributed by atoms with Crippen molar-refractivity contribution in [2.75, 3.05) is 11.9 Å². The minimum atomic E-state index is -1.63. The molecule has 0 bridgehead atoms. The zero-order valence-electron chi connectivity index (χ0n) is 12.0. The van der Waals surface area contributed by atoms with E-state index in [1.54, 1.807) is 24.3 Å². The van der Waals surface area contributed by atoms with Crippen molar-refractivity contribution in [2.24, 2.45) is 0 Å². The number of ether oxygens (including phenoxy) is 1. The summed E-state index contributed by atoms with van der Waals surface area (Å²) in [7, 11) is 0. The average Bonchev–Trinajstić information content (AvgIpc) is 2.44. The van der Waals surface area contributed by atoms with Gasteiger partial charge in [-0.05, 0) is 25.5 Å². The van der Waals surface area contributed by atoms with E-state index in [-0.39, 0.29) is 12.6 Å². The maximum atomic E-state index is 11.6. The molecule has 7 heteroatoms. The fraction of sp³-hybridized carbons (Fsp3) is 0.429. The number of urea groups is 1. The normalized spacial score (nSPS) is 13.1. The summed E-state index contributed by atoms with van der Waals surface area (Å²) < 4.78 is 5.63. The van der Waals surface area contributed by atoms with E-state index in [2.05, 4.69) is 10.6 Å². The zero-order chi connectivity index (χ0) is 15.8. The third kappa shape index (κ3) is 6.13. The van der Waals surface area contributed by atoms with Crippen LogP contribution in [0.1, 0.15) is 20.3 Å². The summed E-state index contributed by atoms with van der Waals surface area (Å²) in [6.07, 6.45) is -0.693. The fourth-order valence-electron chi connectivity index (χ4n) is 1.41. The molecule has 1 aromatic rings. The molecule has 0 heterocycles. The number of carboxylic acids is 1. The van der Waals surface area contributed by atoms with E-state index in [1.807, 2.05) is 13.8 Å². The molecular weight excluding hydrogens is 276 g/mol. The van der Waals surface area contributed by atoms with Crippen LogP contribution in [0.5, 0.6) is 5.75 Å². The van der Waals surface area contributed by atoms with Gasteiger partial charge in [-0.15, -0.1) is 0 Å². The molecule has 1 aromatic carbocycles. The van der Waals surface area contributed by atoms with E-state index in [4.69, 9.17) is 14.9 Å². The van der Waals surface area contributed by atoms with Gasteiger partial charge >= 0.3 is 12.0 Å². The smallest absolute Gasteiger partial charge is 0.334 e. The SMILES string of the molecule is CCC(C)Oc1cccc(NC(=O)NC[C@H](O)C(=O)O)c1. The molecule has 0 saturated heterocycles. The molecule has 2 amide bonds. The number of anilines is 1. The summed E-state index contributed by atoms with van der Waals surface area (Å²) in [4.78, 5) is 22.0. The van der Waals surface area contributed by atoms with Crippen LogP contribution in [0.25, 0.3) is 0 Å². The van der Waals surface area contributed by atoms with E-state index in [0.717, 1.165) is 6.42 Å². The summed E-state index contributed by atoms with van der Waals surface area (Å²) in [5.74, 6) is -0.757. The van der Waals surface area contributed by atoms with Gasteiger partial charge in [-0.2, -0.15) is 0 Å². The highest BCUT2D eigenvalue weighted by molar-refractivity contribution is 5.89. The standard InChI is InChI=1S/C14H20N2O5/c1-3-9(2)21-11-6-4-5-10(7-11)16-14(20)15-8-12(17)13(18)19/h4-7,9,12,17H,3,8H2,1-2H3,(H,18,19)(H2,15,16,20)/t9?,12-/m0/s1. The Bertz CT molecular complexity index is 492. The minimum absolute atomic E-state index is 0.0693. The molecule has 0 aliphatic rings. The molecule has 0 saturated carbocycles. The number of nitrogens with one attached hydrogen (secondary N) is 2. The van der Waals surface area contributed by atoms with Crippen molar-refractivity contribution in [3.8, 4) is 5.75 Å². The maximum Gasteiger partial charge on any atom is 0.334 e. The van der Waals surface area contributed by atoms with Crippen LogP contribution >= 0.6 is 0 Å². The lowest BCUT2D eigenvalue weighted by Gasteiger charge is -2.14. The Labute approximate surface area is 122 Å². The number of aliphatic carboxylic acids is 1. The lowest BCUT2D eigenvalue weighted by Crippen LogP contribution is -2.38. The molecule has 2 atom stereocenters. The fourth-order valence-corrected chi connectivity index (χ4v) is 1.41. The van der Waals surface area contributed by atoms with Crippen molar-refractivity contribution in [1.82, 2.24) is 5.32 Å². The van der Waals surface area contributed by atoms with Crippen LogP contribution < -0.4 is 15.4 Å². The Balaban J connectivity index is 2.52. The molecule has 21 heavy (non-hydrogen) atoms. The van der Waals surface area contributed by atoms with E-state index in [0.29, 0.717) is 11.4 Å². The second-order valence-corrected chi connectivity index (χ2v) is 4.55. The number of rotatable bonds is 7. The van der Waals surface area contributed by atoms with Gasteiger partial charge in [-0.25, -0.2) is 9.59 Å². The highest BCUT2D eigenvalue weighted by Crippen LogP contribution is 2.19. The first-order valence-electron chi connectivity index (χ1n) is 6.64. The van der Waals surface area contributed by atoms with Crippen LogP contribution in [-0.2, 0) is 4.79 Å². The summed E-state index contributed by atoms with van der Waals surface area (Å²) in [5, 5.41) is 22.3. The van der Waals surface area contributed by atoms with Gasteiger partial charge in [-0.3, -0.25) is 0 Å². The van der Waals surface area contributed by atoms with Gasteiger partial charge in [0.15, 0.2) is 6.10 Å². The van der Waals surface area contributed by atoms with Crippen molar-refractivity contribution < 1.29 is 24.5 Å². The van der Waals surface area contributed by atoms with Crippen molar-refractivity contribution in [3.63, 3.8) is 0 Å². The van der Waals surface area contributed by atoms with Crippen molar-refractivity contribution in [2.45, 2.75) is 32.5 Å². The number of carboxylic acid groups (broad SMARTS) is 1. The Kier molecular flexibility index (Phi) is 6.48. The van der Waals surface area contributed by atoms with Crippen LogP contribution in [0.3, 0.4) is 0 Å².